The molecule has 7 nitrogen and oxygen atoms in total. The van der Waals surface area contributed by atoms with Gasteiger partial charge in [0.2, 0.25) is 5.91 Å². The van der Waals surface area contributed by atoms with Crippen LogP contribution < -0.4 is 5.32 Å². The van der Waals surface area contributed by atoms with Crippen molar-refractivity contribution in [3.8, 4) is 6.07 Å². The summed E-state index contributed by atoms with van der Waals surface area (Å²) in [5.41, 5.74) is 1.94. The lowest BCUT2D eigenvalue weighted by molar-refractivity contribution is -0.119. The molecule has 7 heteroatoms. The van der Waals surface area contributed by atoms with Crippen LogP contribution in [0.25, 0.3) is 0 Å². The van der Waals surface area contributed by atoms with Crippen LogP contribution in [0.2, 0.25) is 0 Å². The van der Waals surface area contributed by atoms with Gasteiger partial charge in [0.1, 0.15) is 0 Å². The van der Waals surface area contributed by atoms with Crippen molar-refractivity contribution in [3.05, 3.63) is 65.2 Å². The van der Waals surface area contributed by atoms with E-state index in [4.69, 9.17) is 16.1 Å². The second kappa shape index (κ2) is 9.35. The predicted molar refractivity (Wildman–Crippen MR) is 120 cm³/mol. The Morgan fingerprint density at radius 2 is 1.90 bits per heavy atom. The highest BCUT2D eigenvalue weighted by Gasteiger charge is 2.46. The Balaban J connectivity index is 2.11. The van der Waals surface area contributed by atoms with Crippen LogP contribution in [0.1, 0.15) is 41.3 Å². The fourth-order valence-electron chi connectivity index (χ4n) is 4.07. The molecule has 2 unspecified atom stereocenters. The molecule has 1 aliphatic heterocycles. The number of fused-ring (bicyclic) bond motifs is 1. The number of carbonyl (C=O) groups is 2. The van der Waals surface area contributed by atoms with Crippen molar-refractivity contribution < 1.29 is 9.59 Å². The van der Waals surface area contributed by atoms with E-state index in [9.17, 15) is 9.59 Å². The van der Waals surface area contributed by atoms with Crippen LogP contribution in [0.3, 0.4) is 0 Å². The molecular weight excluding hydrogens is 390 g/mol. The summed E-state index contributed by atoms with van der Waals surface area (Å²) in [5, 5.41) is 27.7. The number of benzene rings is 2. The molecule has 2 amide bonds. The van der Waals surface area contributed by atoms with E-state index in [1.165, 1.54) is 0 Å². The summed E-state index contributed by atoms with van der Waals surface area (Å²) in [6, 6.07) is 15.0. The van der Waals surface area contributed by atoms with E-state index in [0.29, 0.717) is 28.9 Å². The van der Waals surface area contributed by atoms with Crippen molar-refractivity contribution in [1.82, 2.24) is 4.90 Å². The molecule has 0 radical (unpaired) electrons. The molecule has 0 saturated heterocycles. The van der Waals surface area contributed by atoms with E-state index in [2.05, 4.69) is 11.4 Å². The molecule has 31 heavy (non-hydrogen) atoms. The van der Waals surface area contributed by atoms with Crippen LogP contribution in [0.5, 0.6) is 0 Å². The fraction of sp³-hybridized carbons (Fsp3) is 0.292. The van der Waals surface area contributed by atoms with E-state index in [0.717, 1.165) is 12.4 Å². The number of hydrogen-bond donors (Lipinski definition) is 3. The molecule has 0 fully saturated rings. The monoisotopic (exact) mass is 415 g/mol. The van der Waals surface area contributed by atoms with Gasteiger partial charge in [0.05, 0.1) is 23.6 Å². The zero-order valence-electron chi connectivity index (χ0n) is 17.5. The first-order valence-electron chi connectivity index (χ1n) is 10.1. The maximum atomic E-state index is 13.5. The van der Waals surface area contributed by atoms with Crippen LogP contribution in [-0.2, 0) is 4.79 Å². The number of amides is 2. The van der Waals surface area contributed by atoms with Gasteiger partial charge in [-0.3, -0.25) is 9.59 Å². The first-order valence-corrected chi connectivity index (χ1v) is 10.1. The Morgan fingerprint density at radius 3 is 2.55 bits per heavy atom. The summed E-state index contributed by atoms with van der Waals surface area (Å²) in [6.07, 6.45) is 2.23. The smallest absolute Gasteiger partial charge is 0.254 e. The van der Waals surface area contributed by atoms with Crippen LogP contribution in [0.4, 0.5) is 5.69 Å². The summed E-state index contributed by atoms with van der Waals surface area (Å²) < 4.78 is 0. The van der Waals surface area contributed by atoms with Gasteiger partial charge < -0.3 is 21.0 Å². The predicted octanol–water partition coefficient (Wildman–Crippen LogP) is 3.68. The van der Waals surface area contributed by atoms with Gasteiger partial charge >= 0.3 is 0 Å². The molecule has 1 aliphatic rings. The van der Waals surface area contributed by atoms with Gasteiger partial charge in [-0.1, -0.05) is 38.1 Å². The Morgan fingerprint density at radius 1 is 1.19 bits per heavy atom. The highest BCUT2D eigenvalue weighted by molar-refractivity contribution is 6.05. The van der Waals surface area contributed by atoms with Crippen molar-refractivity contribution in [2.45, 2.75) is 25.8 Å². The van der Waals surface area contributed by atoms with Gasteiger partial charge in [-0.2, -0.15) is 5.26 Å². The zero-order chi connectivity index (χ0) is 22.5. The van der Waals surface area contributed by atoms with Gasteiger partial charge in [0, 0.05) is 36.1 Å². The lowest BCUT2D eigenvalue weighted by Crippen LogP contribution is -2.56. The van der Waals surface area contributed by atoms with Crippen LogP contribution >= 0.6 is 0 Å². The largest absolute Gasteiger partial charge is 0.333 e. The van der Waals surface area contributed by atoms with Crippen LogP contribution in [0, 0.1) is 34.0 Å². The molecule has 2 atom stereocenters. The Bertz CT molecular complexity index is 1050. The topological polar surface area (TPSA) is 121 Å². The van der Waals surface area contributed by atoms with Crippen LogP contribution in [-0.4, -0.2) is 41.7 Å². The molecular formula is C24H25N5O2. The standard InChI is InChI=1S/C24H25N5O2/c1-15(2)14-29-22(17(12-26)13-27)21(19-8-3-4-9-20(19)24(29)31)23(30)28-18-7-5-6-16(10-18)11-25/h3-10,12-13,15,17,21-22,26-27H,14H2,1-2H3,(H,28,30). The summed E-state index contributed by atoms with van der Waals surface area (Å²) in [5.74, 6) is -1.88. The highest BCUT2D eigenvalue weighted by Crippen LogP contribution is 2.37. The Hall–Kier alpha value is -3.79. The maximum absolute atomic E-state index is 13.5. The van der Waals surface area contributed by atoms with E-state index in [1.54, 1.807) is 53.4 Å². The average Bonchev–Trinajstić information content (AvgIpc) is 2.77. The van der Waals surface area contributed by atoms with Gasteiger partial charge in [-0.05, 0) is 35.7 Å². The number of anilines is 1. The number of hydrogen-bond acceptors (Lipinski definition) is 5. The molecule has 3 rings (SSSR count). The van der Waals surface area contributed by atoms with E-state index in [-0.39, 0.29) is 17.7 Å². The van der Waals surface area contributed by atoms with Gasteiger partial charge in [-0.25, -0.2) is 0 Å². The molecule has 1 heterocycles. The molecule has 0 bridgehead atoms. The average molecular weight is 415 g/mol. The first kappa shape index (κ1) is 21.9. The lowest BCUT2D eigenvalue weighted by atomic mass is 9.76. The minimum atomic E-state index is -0.772. The van der Waals surface area contributed by atoms with E-state index in [1.807, 2.05) is 13.8 Å². The first-order chi connectivity index (χ1) is 14.9. The summed E-state index contributed by atoms with van der Waals surface area (Å²) in [6.45, 7) is 4.37. The molecule has 0 aliphatic carbocycles. The quantitative estimate of drug-likeness (QED) is 0.598. The number of nitrogens with zero attached hydrogens (tertiary/aromatic N) is 2. The number of carbonyl (C=O) groups excluding carboxylic acids is 2. The van der Waals surface area contributed by atoms with Crippen molar-refractivity contribution in [2.75, 3.05) is 11.9 Å². The van der Waals surface area contributed by atoms with Crippen molar-refractivity contribution >= 4 is 29.9 Å². The molecule has 0 saturated carbocycles. The molecule has 3 N–H and O–H groups in total. The van der Waals surface area contributed by atoms with Crippen molar-refractivity contribution in [2.24, 2.45) is 11.8 Å². The summed E-state index contributed by atoms with van der Waals surface area (Å²) in [7, 11) is 0. The number of nitriles is 1. The zero-order valence-corrected chi connectivity index (χ0v) is 17.5. The molecule has 0 spiro atoms. The second-order valence-electron chi connectivity index (χ2n) is 8.00. The SMILES string of the molecule is CC(C)CN1C(=O)c2ccccc2C(C(=O)Nc2cccc(C#N)c2)C1C(C=N)C=N. The molecule has 2 aromatic rings. The summed E-state index contributed by atoms with van der Waals surface area (Å²) in [4.78, 5) is 28.5. The third-order valence-corrected chi connectivity index (χ3v) is 5.37. The normalized spacial score (nSPS) is 18.6. The van der Waals surface area contributed by atoms with Gasteiger partial charge in [0.15, 0.2) is 0 Å². The van der Waals surface area contributed by atoms with Gasteiger partial charge in [-0.15, -0.1) is 0 Å². The van der Waals surface area contributed by atoms with E-state index < -0.39 is 17.9 Å². The van der Waals surface area contributed by atoms with Crippen LogP contribution in [0.15, 0.2) is 48.5 Å². The highest BCUT2D eigenvalue weighted by atomic mass is 16.2. The fourth-order valence-corrected chi connectivity index (χ4v) is 4.07. The molecule has 0 aromatic heterocycles. The second-order valence-corrected chi connectivity index (χ2v) is 8.00. The van der Waals surface area contributed by atoms with Crippen molar-refractivity contribution in [1.29, 1.82) is 16.1 Å². The number of nitrogens with one attached hydrogen (secondary N) is 3. The number of rotatable bonds is 7. The Labute approximate surface area is 181 Å². The third-order valence-electron chi connectivity index (χ3n) is 5.37. The Kier molecular flexibility index (Phi) is 6.61. The van der Waals surface area contributed by atoms with Gasteiger partial charge in [0.25, 0.3) is 5.91 Å². The summed E-state index contributed by atoms with van der Waals surface area (Å²) >= 11 is 0. The molecule has 2 aromatic carbocycles. The third kappa shape index (κ3) is 4.38. The maximum Gasteiger partial charge on any atom is 0.254 e. The minimum absolute atomic E-state index is 0.143. The lowest BCUT2D eigenvalue weighted by Gasteiger charge is -2.44. The van der Waals surface area contributed by atoms with E-state index >= 15 is 0 Å². The minimum Gasteiger partial charge on any atom is -0.333 e. The van der Waals surface area contributed by atoms with Crippen molar-refractivity contribution in [3.63, 3.8) is 0 Å². The molecule has 158 valence electrons.